The van der Waals surface area contributed by atoms with Crippen molar-refractivity contribution in [3.63, 3.8) is 0 Å². The number of aromatic nitrogens is 2. The number of hydrogen-bond donors (Lipinski definition) is 1. The molecule has 0 spiro atoms. The van der Waals surface area contributed by atoms with Crippen LogP contribution in [-0.2, 0) is 4.79 Å². The van der Waals surface area contributed by atoms with E-state index >= 15 is 0 Å². The van der Waals surface area contributed by atoms with Crippen molar-refractivity contribution in [1.82, 2.24) is 14.9 Å². The fourth-order valence-electron chi connectivity index (χ4n) is 3.37. The first kappa shape index (κ1) is 16.6. The van der Waals surface area contributed by atoms with Crippen LogP contribution in [0, 0.1) is 19.8 Å². The summed E-state index contributed by atoms with van der Waals surface area (Å²) in [5.41, 5.74) is 4.09. The largest absolute Gasteiger partial charge is 0.481 e. The molecular formula is C19H23N3O2. The molecule has 0 saturated carbocycles. The smallest absolute Gasteiger partial charge is 0.307 e. The highest BCUT2D eigenvalue weighted by Gasteiger charge is 2.33. The van der Waals surface area contributed by atoms with Gasteiger partial charge in [-0.2, -0.15) is 0 Å². The lowest BCUT2D eigenvalue weighted by molar-refractivity contribution is -0.143. The number of nitrogens with zero attached hydrogens (tertiary/aromatic N) is 3. The number of carbonyl (C=O) groups is 1. The molecule has 5 nitrogen and oxygen atoms in total. The van der Waals surface area contributed by atoms with Crippen LogP contribution in [0.15, 0.2) is 36.7 Å². The predicted molar refractivity (Wildman–Crippen MR) is 91.7 cm³/mol. The standard InChI is InChI=1S/C19H23N3O2/c1-13-7-8-16(21-11-13)18(17-14(2)5-3-9-20-17)22-10-4-6-15(12-22)19(23)24/h3,5,7-9,11,15,18H,4,6,10,12H2,1-2H3,(H,23,24). The van der Waals surface area contributed by atoms with Gasteiger partial charge in [0.15, 0.2) is 0 Å². The summed E-state index contributed by atoms with van der Waals surface area (Å²) in [5, 5.41) is 9.41. The molecule has 126 valence electrons. The van der Waals surface area contributed by atoms with Crippen molar-refractivity contribution in [3.05, 3.63) is 59.2 Å². The third-order valence-electron chi connectivity index (χ3n) is 4.69. The summed E-state index contributed by atoms with van der Waals surface area (Å²) >= 11 is 0. The maximum Gasteiger partial charge on any atom is 0.307 e. The van der Waals surface area contributed by atoms with Crippen LogP contribution < -0.4 is 0 Å². The van der Waals surface area contributed by atoms with Gasteiger partial charge in [-0.05, 0) is 56.5 Å². The molecule has 0 radical (unpaired) electrons. The lowest BCUT2D eigenvalue weighted by atomic mass is 9.94. The molecule has 2 unspecified atom stereocenters. The summed E-state index contributed by atoms with van der Waals surface area (Å²) in [6.45, 7) is 5.45. The van der Waals surface area contributed by atoms with E-state index < -0.39 is 5.97 Å². The van der Waals surface area contributed by atoms with Gasteiger partial charge in [-0.3, -0.25) is 19.7 Å². The molecule has 1 aliphatic rings. The Kier molecular flexibility index (Phi) is 4.90. The van der Waals surface area contributed by atoms with Gasteiger partial charge in [-0.25, -0.2) is 0 Å². The van der Waals surface area contributed by atoms with E-state index in [0.29, 0.717) is 6.54 Å². The van der Waals surface area contributed by atoms with Crippen LogP contribution in [0.5, 0.6) is 0 Å². The van der Waals surface area contributed by atoms with Gasteiger partial charge in [0.2, 0.25) is 0 Å². The summed E-state index contributed by atoms with van der Waals surface area (Å²) in [6, 6.07) is 7.94. The number of rotatable bonds is 4. The van der Waals surface area contributed by atoms with Gasteiger partial charge in [0.05, 0.1) is 23.3 Å². The van der Waals surface area contributed by atoms with Crippen LogP contribution in [0.1, 0.15) is 41.4 Å². The van der Waals surface area contributed by atoms with Gasteiger partial charge >= 0.3 is 5.97 Å². The Balaban J connectivity index is 2.00. The van der Waals surface area contributed by atoms with E-state index in [0.717, 1.165) is 41.9 Å². The maximum absolute atomic E-state index is 11.4. The second kappa shape index (κ2) is 7.09. The molecule has 1 N–H and O–H groups in total. The number of carboxylic acids is 1. The average Bonchev–Trinajstić information content (AvgIpc) is 2.59. The average molecular weight is 325 g/mol. The molecule has 0 aliphatic carbocycles. The molecule has 2 aromatic rings. The van der Waals surface area contributed by atoms with Crippen LogP contribution >= 0.6 is 0 Å². The van der Waals surface area contributed by atoms with Crippen molar-refractivity contribution in [2.75, 3.05) is 13.1 Å². The zero-order valence-electron chi connectivity index (χ0n) is 14.1. The van der Waals surface area contributed by atoms with E-state index in [4.69, 9.17) is 0 Å². The Labute approximate surface area is 142 Å². The summed E-state index contributed by atoms with van der Waals surface area (Å²) < 4.78 is 0. The van der Waals surface area contributed by atoms with Crippen LogP contribution in [0.25, 0.3) is 0 Å². The minimum absolute atomic E-state index is 0.103. The van der Waals surface area contributed by atoms with Crippen molar-refractivity contribution in [1.29, 1.82) is 0 Å². The van der Waals surface area contributed by atoms with E-state index in [1.807, 2.05) is 44.3 Å². The Bertz CT molecular complexity index is 715. The highest BCUT2D eigenvalue weighted by atomic mass is 16.4. The monoisotopic (exact) mass is 325 g/mol. The molecule has 2 aromatic heterocycles. The minimum atomic E-state index is -0.715. The second-order valence-electron chi connectivity index (χ2n) is 6.54. The molecule has 5 heteroatoms. The molecule has 3 heterocycles. The molecule has 2 atom stereocenters. The van der Waals surface area contributed by atoms with Crippen molar-refractivity contribution in [3.8, 4) is 0 Å². The third kappa shape index (κ3) is 3.46. The molecule has 0 bridgehead atoms. The first-order valence-corrected chi connectivity index (χ1v) is 8.37. The zero-order chi connectivity index (χ0) is 17.1. The molecule has 0 aromatic carbocycles. The first-order chi connectivity index (χ1) is 11.6. The van der Waals surface area contributed by atoms with Crippen LogP contribution in [0.2, 0.25) is 0 Å². The highest BCUT2D eigenvalue weighted by molar-refractivity contribution is 5.70. The van der Waals surface area contributed by atoms with Gasteiger partial charge in [-0.1, -0.05) is 12.1 Å². The van der Waals surface area contributed by atoms with Crippen molar-refractivity contribution >= 4 is 5.97 Å². The predicted octanol–water partition coefficient (Wildman–Crippen LogP) is 2.98. The van der Waals surface area contributed by atoms with E-state index in [-0.39, 0.29) is 12.0 Å². The van der Waals surface area contributed by atoms with Crippen LogP contribution in [-0.4, -0.2) is 39.0 Å². The number of pyridine rings is 2. The van der Waals surface area contributed by atoms with Gasteiger partial charge in [0.25, 0.3) is 0 Å². The number of piperidine rings is 1. The molecule has 24 heavy (non-hydrogen) atoms. The van der Waals surface area contributed by atoms with Crippen LogP contribution in [0.3, 0.4) is 0 Å². The third-order valence-corrected chi connectivity index (χ3v) is 4.69. The SMILES string of the molecule is Cc1ccc(C(c2ncccc2C)N2CCCC(C(=O)O)C2)nc1. The van der Waals surface area contributed by atoms with Gasteiger partial charge in [0, 0.05) is 18.9 Å². The van der Waals surface area contributed by atoms with E-state index in [1.54, 1.807) is 6.20 Å². The number of aliphatic carboxylic acids is 1. The van der Waals surface area contributed by atoms with Gasteiger partial charge in [-0.15, -0.1) is 0 Å². The Hall–Kier alpha value is -2.27. The Morgan fingerprint density at radius 1 is 1.29 bits per heavy atom. The number of aryl methyl sites for hydroxylation is 2. The van der Waals surface area contributed by atoms with Crippen LogP contribution in [0.4, 0.5) is 0 Å². The fourth-order valence-corrected chi connectivity index (χ4v) is 3.37. The molecule has 0 amide bonds. The lowest BCUT2D eigenvalue weighted by Gasteiger charge is -2.37. The zero-order valence-corrected chi connectivity index (χ0v) is 14.1. The fraction of sp³-hybridized carbons (Fsp3) is 0.421. The molecule has 1 aliphatic heterocycles. The number of likely N-dealkylation sites (tertiary alicyclic amines) is 1. The van der Waals surface area contributed by atoms with E-state index in [9.17, 15) is 9.90 Å². The minimum Gasteiger partial charge on any atom is -0.481 e. The van der Waals surface area contributed by atoms with Gasteiger partial charge < -0.3 is 5.11 Å². The van der Waals surface area contributed by atoms with Crippen molar-refractivity contribution in [2.24, 2.45) is 5.92 Å². The Morgan fingerprint density at radius 3 is 2.79 bits per heavy atom. The van der Waals surface area contributed by atoms with Crippen molar-refractivity contribution < 1.29 is 9.90 Å². The van der Waals surface area contributed by atoms with Crippen molar-refractivity contribution in [2.45, 2.75) is 32.7 Å². The molecule has 3 rings (SSSR count). The van der Waals surface area contributed by atoms with Gasteiger partial charge in [0.1, 0.15) is 0 Å². The summed E-state index contributed by atoms with van der Waals surface area (Å²) in [6.07, 6.45) is 5.27. The van der Waals surface area contributed by atoms with E-state index in [2.05, 4.69) is 14.9 Å². The lowest BCUT2D eigenvalue weighted by Crippen LogP contribution is -2.42. The van der Waals surface area contributed by atoms with E-state index in [1.165, 1.54) is 0 Å². The normalized spacial score (nSPS) is 19.8. The summed E-state index contributed by atoms with van der Waals surface area (Å²) in [5.74, 6) is -1.04. The number of carboxylic acid groups (broad SMARTS) is 1. The maximum atomic E-state index is 11.4. The molecule has 1 saturated heterocycles. The number of hydrogen-bond acceptors (Lipinski definition) is 4. The Morgan fingerprint density at radius 2 is 2.12 bits per heavy atom. The molecular weight excluding hydrogens is 302 g/mol. The molecule has 1 fully saturated rings. The first-order valence-electron chi connectivity index (χ1n) is 8.37. The highest BCUT2D eigenvalue weighted by Crippen LogP contribution is 2.32. The summed E-state index contributed by atoms with van der Waals surface area (Å²) in [7, 11) is 0. The summed E-state index contributed by atoms with van der Waals surface area (Å²) in [4.78, 5) is 22.9. The topological polar surface area (TPSA) is 66.3 Å². The quantitative estimate of drug-likeness (QED) is 0.936. The second-order valence-corrected chi connectivity index (χ2v) is 6.54.